The van der Waals surface area contributed by atoms with Gasteiger partial charge in [-0.3, -0.25) is 4.98 Å². The van der Waals surface area contributed by atoms with Crippen LogP contribution in [0.4, 0.5) is 0 Å². The summed E-state index contributed by atoms with van der Waals surface area (Å²) >= 11 is 0. The van der Waals surface area contributed by atoms with Crippen molar-refractivity contribution in [2.24, 2.45) is 0 Å². The van der Waals surface area contributed by atoms with Gasteiger partial charge in [-0.05, 0) is 130 Å². The van der Waals surface area contributed by atoms with Gasteiger partial charge in [-0.2, -0.15) is 0 Å². The van der Waals surface area contributed by atoms with Gasteiger partial charge in [0.05, 0.1) is 22.8 Å². The second-order valence-electron chi connectivity index (χ2n) is 17.2. The third-order valence-electron chi connectivity index (χ3n) is 12.6. The maximum absolute atomic E-state index is 5.39. The predicted molar refractivity (Wildman–Crippen MR) is 278 cm³/mol. The van der Waals surface area contributed by atoms with E-state index in [9.17, 15) is 0 Å². The molecule has 0 unspecified atom stereocenters. The van der Waals surface area contributed by atoms with E-state index >= 15 is 0 Å². The number of hydrogen-bond donors (Lipinski definition) is 0. The molecule has 0 saturated carbocycles. The van der Waals surface area contributed by atoms with Crippen molar-refractivity contribution < 1.29 is 0 Å². The van der Waals surface area contributed by atoms with E-state index in [1.807, 2.05) is 6.07 Å². The Labute approximate surface area is 392 Å². The van der Waals surface area contributed by atoms with Crippen LogP contribution in [-0.4, -0.2) is 19.9 Å². The van der Waals surface area contributed by atoms with Crippen molar-refractivity contribution in [2.75, 3.05) is 0 Å². The van der Waals surface area contributed by atoms with E-state index in [0.717, 1.165) is 101 Å². The molecule has 0 fully saturated rings. The number of nitrogens with zero attached hydrogens (tertiary/aromatic N) is 4. The molecule has 3 heterocycles. The molecule has 0 amide bonds. The molecule has 0 spiro atoms. The summed E-state index contributed by atoms with van der Waals surface area (Å²) in [6.45, 7) is 6.31. The van der Waals surface area contributed by atoms with Gasteiger partial charge in [0.2, 0.25) is 0 Å². The second-order valence-corrected chi connectivity index (χ2v) is 17.2. The Kier molecular flexibility index (Phi) is 10.9. The molecule has 67 heavy (non-hydrogen) atoms. The molecule has 11 rings (SSSR count). The Morgan fingerprint density at radius 2 is 0.776 bits per heavy atom. The minimum absolute atomic E-state index is 0.675. The van der Waals surface area contributed by atoms with E-state index in [2.05, 4.69) is 239 Å². The maximum Gasteiger partial charge on any atom is 0.160 e. The fourth-order valence-corrected chi connectivity index (χ4v) is 9.27. The van der Waals surface area contributed by atoms with Crippen LogP contribution < -0.4 is 0 Å². The van der Waals surface area contributed by atoms with Crippen LogP contribution in [0, 0.1) is 20.8 Å². The minimum Gasteiger partial charge on any atom is -0.258 e. The molecule has 0 aliphatic carbocycles. The summed E-state index contributed by atoms with van der Waals surface area (Å²) in [6.07, 6.45) is 0. The molecule has 4 heteroatoms. The van der Waals surface area contributed by atoms with Gasteiger partial charge in [-0.15, -0.1) is 0 Å². The fourth-order valence-electron chi connectivity index (χ4n) is 9.27. The topological polar surface area (TPSA) is 51.6 Å². The van der Waals surface area contributed by atoms with Gasteiger partial charge >= 0.3 is 0 Å². The smallest absolute Gasteiger partial charge is 0.160 e. The first-order valence-electron chi connectivity index (χ1n) is 22.8. The third kappa shape index (κ3) is 8.45. The van der Waals surface area contributed by atoms with Gasteiger partial charge < -0.3 is 0 Å². The van der Waals surface area contributed by atoms with E-state index in [1.54, 1.807) is 0 Å². The molecular formula is C63H46N4. The molecule has 0 saturated heterocycles. The Balaban J connectivity index is 1.04. The molecular weight excluding hydrogens is 813 g/mol. The lowest BCUT2D eigenvalue weighted by Gasteiger charge is -2.17. The van der Waals surface area contributed by atoms with Crippen molar-refractivity contribution in [2.45, 2.75) is 20.8 Å². The maximum atomic E-state index is 5.39. The Morgan fingerprint density at radius 1 is 0.254 bits per heavy atom. The van der Waals surface area contributed by atoms with Gasteiger partial charge in [0, 0.05) is 39.2 Å². The highest BCUT2D eigenvalue weighted by Crippen LogP contribution is 2.40. The number of fused-ring (bicyclic) bond motifs is 1. The Bertz CT molecular complexity index is 3520. The number of aromatic nitrogens is 4. The van der Waals surface area contributed by atoms with E-state index in [4.69, 9.17) is 19.9 Å². The van der Waals surface area contributed by atoms with E-state index in [-0.39, 0.29) is 0 Å². The van der Waals surface area contributed by atoms with Crippen molar-refractivity contribution in [3.63, 3.8) is 0 Å². The first-order valence-corrected chi connectivity index (χ1v) is 22.8. The first-order chi connectivity index (χ1) is 32.9. The van der Waals surface area contributed by atoms with Crippen molar-refractivity contribution >= 4 is 10.8 Å². The van der Waals surface area contributed by atoms with E-state index < -0.39 is 0 Å². The first kappa shape index (κ1) is 41.1. The predicted octanol–water partition coefficient (Wildman–Crippen LogP) is 16.3. The lowest BCUT2D eigenvalue weighted by Crippen LogP contribution is -1.97. The quantitative estimate of drug-likeness (QED) is 0.145. The van der Waals surface area contributed by atoms with Gasteiger partial charge in [-0.25, -0.2) is 15.0 Å². The molecule has 0 radical (unpaired) electrons. The van der Waals surface area contributed by atoms with E-state index in [1.165, 1.54) is 21.9 Å². The van der Waals surface area contributed by atoms with Gasteiger partial charge in [0.15, 0.2) is 5.82 Å². The summed E-state index contributed by atoms with van der Waals surface area (Å²) in [6, 6.07) is 79.5. The average Bonchev–Trinajstić information content (AvgIpc) is 3.39. The summed E-state index contributed by atoms with van der Waals surface area (Å²) in [5.74, 6) is 0.675. The molecule has 0 N–H and O–H groups in total. The molecule has 11 aromatic rings. The normalized spacial score (nSPS) is 11.2. The van der Waals surface area contributed by atoms with Crippen molar-refractivity contribution in [1.29, 1.82) is 0 Å². The standard InChI is InChI=1S/C63H46N4/c1-41-33-55(34-42(2)64-41)56-32-31-50(38-58(56)51-26-16-27-52(37-51)59-39-57(45-18-7-4-8-19-45)43(3)62(65-59)47-22-11-6-12-23-47)49-25-15-28-54(36-49)63-66-60(46-20-9-5-10-21-46)40-61(67-63)53-30-29-44-17-13-14-24-48(44)35-53/h4-40H,1-3H3. The summed E-state index contributed by atoms with van der Waals surface area (Å²) in [4.78, 5) is 20.6. The van der Waals surface area contributed by atoms with Crippen LogP contribution in [0.25, 0.3) is 112 Å². The van der Waals surface area contributed by atoms with Crippen LogP contribution in [0.3, 0.4) is 0 Å². The average molecular weight is 859 g/mol. The molecule has 8 aromatic carbocycles. The molecule has 0 bridgehead atoms. The zero-order chi connectivity index (χ0) is 45.3. The monoisotopic (exact) mass is 858 g/mol. The Hall–Kier alpha value is -8.60. The zero-order valence-electron chi connectivity index (χ0n) is 37.7. The summed E-state index contributed by atoms with van der Waals surface area (Å²) in [5, 5.41) is 2.37. The molecule has 0 aliphatic rings. The zero-order valence-corrected chi connectivity index (χ0v) is 37.7. The molecule has 0 atom stereocenters. The van der Waals surface area contributed by atoms with Gasteiger partial charge in [-0.1, -0.05) is 176 Å². The van der Waals surface area contributed by atoms with Crippen LogP contribution >= 0.6 is 0 Å². The van der Waals surface area contributed by atoms with Crippen molar-refractivity contribution in [3.05, 3.63) is 241 Å². The number of hydrogen-bond acceptors (Lipinski definition) is 4. The lowest BCUT2D eigenvalue weighted by atomic mass is 9.89. The highest BCUT2D eigenvalue weighted by molar-refractivity contribution is 5.91. The number of rotatable bonds is 9. The van der Waals surface area contributed by atoms with Crippen LogP contribution in [0.15, 0.2) is 224 Å². The number of pyridine rings is 2. The molecule has 0 aliphatic heterocycles. The highest BCUT2D eigenvalue weighted by atomic mass is 14.9. The van der Waals surface area contributed by atoms with E-state index in [0.29, 0.717) is 5.82 Å². The molecule has 4 nitrogen and oxygen atoms in total. The second kappa shape index (κ2) is 17.8. The van der Waals surface area contributed by atoms with Crippen LogP contribution in [0.1, 0.15) is 17.0 Å². The highest BCUT2D eigenvalue weighted by Gasteiger charge is 2.18. The number of aryl methyl sites for hydroxylation is 2. The van der Waals surface area contributed by atoms with Crippen LogP contribution in [0.2, 0.25) is 0 Å². The van der Waals surface area contributed by atoms with Crippen molar-refractivity contribution in [3.8, 4) is 101 Å². The molecule has 3 aromatic heterocycles. The summed E-state index contributed by atoms with van der Waals surface area (Å²) in [5.41, 5.74) is 20.9. The largest absolute Gasteiger partial charge is 0.258 e. The summed E-state index contributed by atoms with van der Waals surface area (Å²) in [7, 11) is 0. The van der Waals surface area contributed by atoms with Gasteiger partial charge in [0.25, 0.3) is 0 Å². The van der Waals surface area contributed by atoms with Crippen LogP contribution in [-0.2, 0) is 0 Å². The lowest BCUT2D eigenvalue weighted by molar-refractivity contribution is 1.12. The van der Waals surface area contributed by atoms with Crippen LogP contribution in [0.5, 0.6) is 0 Å². The SMILES string of the molecule is Cc1cc(-c2ccc(-c3cccc(-c4nc(-c5ccccc5)cc(-c5ccc6ccccc6c5)n4)c3)cc2-c2cccc(-c3cc(-c4ccccc4)c(C)c(-c4ccccc4)n3)c2)cc(C)n1. The van der Waals surface area contributed by atoms with Gasteiger partial charge in [0.1, 0.15) is 0 Å². The Morgan fingerprint density at radius 3 is 1.51 bits per heavy atom. The summed E-state index contributed by atoms with van der Waals surface area (Å²) < 4.78 is 0. The molecule has 318 valence electrons. The number of benzene rings is 8. The fraction of sp³-hybridized carbons (Fsp3) is 0.0476. The van der Waals surface area contributed by atoms with Crippen molar-refractivity contribution in [1.82, 2.24) is 19.9 Å². The third-order valence-corrected chi connectivity index (χ3v) is 12.6. The minimum atomic E-state index is 0.675.